The van der Waals surface area contributed by atoms with E-state index in [0.29, 0.717) is 19.4 Å². The Bertz CT molecular complexity index is 1180. The molecule has 0 rings (SSSR count). The average Bonchev–Trinajstić information content (AvgIpc) is 3.36. The molecule has 0 bridgehead atoms. The Kier molecular flexibility index (Phi) is 57.5. The van der Waals surface area contributed by atoms with Crippen LogP contribution in [0, 0.1) is 0 Å². The third-order valence-electron chi connectivity index (χ3n) is 14.1. The lowest BCUT2D eigenvalue weighted by atomic mass is 10.0. The van der Waals surface area contributed by atoms with Crippen LogP contribution in [0.4, 0.5) is 0 Å². The van der Waals surface area contributed by atoms with Crippen molar-refractivity contribution >= 4 is 11.9 Å². The first-order chi connectivity index (χ1) is 34.5. The molecule has 70 heavy (non-hydrogen) atoms. The second-order valence-electron chi connectivity index (χ2n) is 21.0. The zero-order valence-electron chi connectivity index (χ0n) is 46.7. The average molecular weight is 983 g/mol. The van der Waals surface area contributed by atoms with Gasteiger partial charge in [0.15, 0.2) is 0 Å². The van der Waals surface area contributed by atoms with Crippen molar-refractivity contribution in [3.8, 4) is 0 Å². The van der Waals surface area contributed by atoms with Crippen molar-refractivity contribution in [1.29, 1.82) is 0 Å². The van der Waals surface area contributed by atoms with Crippen LogP contribution < -0.4 is 5.32 Å². The van der Waals surface area contributed by atoms with Crippen LogP contribution in [0.1, 0.15) is 322 Å². The smallest absolute Gasteiger partial charge is 0.305 e. The van der Waals surface area contributed by atoms with Crippen molar-refractivity contribution in [2.75, 3.05) is 13.2 Å². The molecule has 0 heterocycles. The molecule has 2 atom stereocenters. The molecule has 6 heteroatoms. The van der Waals surface area contributed by atoms with Crippen molar-refractivity contribution in [2.24, 2.45) is 0 Å². The number of rotatable bonds is 57. The molecule has 3 N–H and O–H groups in total. The molecule has 0 aromatic rings. The molecule has 0 aromatic heterocycles. The first-order valence-corrected chi connectivity index (χ1v) is 30.9. The topological polar surface area (TPSA) is 95.9 Å². The number of amides is 1. The molecule has 0 aliphatic heterocycles. The first-order valence-electron chi connectivity index (χ1n) is 30.9. The van der Waals surface area contributed by atoms with Crippen LogP contribution in [0.2, 0.25) is 0 Å². The minimum Gasteiger partial charge on any atom is -0.465 e. The number of ether oxygens (including phenoxy) is 1. The van der Waals surface area contributed by atoms with E-state index in [1.807, 2.05) is 6.08 Å². The van der Waals surface area contributed by atoms with E-state index < -0.39 is 12.1 Å². The lowest BCUT2D eigenvalue weighted by molar-refractivity contribution is -0.143. The fourth-order valence-corrected chi connectivity index (χ4v) is 9.35. The number of hydrogen-bond acceptors (Lipinski definition) is 5. The molecule has 0 aromatic carbocycles. The van der Waals surface area contributed by atoms with E-state index in [0.717, 1.165) is 51.4 Å². The molecule has 0 saturated heterocycles. The number of nitrogens with one attached hydrogen (secondary N) is 1. The Morgan fingerprint density at radius 1 is 0.400 bits per heavy atom. The SMILES string of the molecule is CCCCCCCCC/C=C\CCCCCCCC(=O)OCC/C=C\C/C=C\CCCCCCCCCCCCCCCCC(=O)NC(CO)C(O)/C=C/CCCCCCCCCCCCCCCC. The van der Waals surface area contributed by atoms with Gasteiger partial charge in [-0.2, -0.15) is 0 Å². The normalized spacial score (nSPS) is 12.9. The van der Waals surface area contributed by atoms with Crippen LogP contribution in [0.15, 0.2) is 48.6 Å². The minimum atomic E-state index is -0.849. The summed E-state index contributed by atoms with van der Waals surface area (Å²) in [5, 5.41) is 23.1. The van der Waals surface area contributed by atoms with Gasteiger partial charge in [0.05, 0.1) is 25.4 Å². The van der Waals surface area contributed by atoms with Gasteiger partial charge >= 0.3 is 5.97 Å². The molecule has 6 nitrogen and oxygen atoms in total. The maximum atomic E-state index is 12.5. The molecule has 2 unspecified atom stereocenters. The van der Waals surface area contributed by atoms with Gasteiger partial charge in [-0.15, -0.1) is 0 Å². The van der Waals surface area contributed by atoms with Crippen LogP contribution in [0.5, 0.6) is 0 Å². The molecule has 0 aliphatic carbocycles. The van der Waals surface area contributed by atoms with Gasteiger partial charge < -0.3 is 20.3 Å². The molecular weight excluding hydrogens is 863 g/mol. The maximum Gasteiger partial charge on any atom is 0.305 e. The monoisotopic (exact) mass is 982 g/mol. The Morgan fingerprint density at radius 2 is 0.714 bits per heavy atom. The Morgan fingerprint density at radius 3 is 1.10 bits per heavy atom. The van der Waals surface area contributed by atoms with Gasteiger partial charge in [0.1, 0.15) is 0 Å². The molecule has 1 amide bonds. The summed E-state index contributed by atoms with van der Waals surface area (Å²) >= 11 is 0. The fraction of sp³-hybridized carbons (Fsp3) is 0.844. The summed E-state index contributed by atoms with van der Waals surface area (Å²) in [5.41, 5.74) is 0. The highest BCUT2D eigenvalue weighted by Gasteiger charge is 2.18. The van der Waals surface area contributed by atoms with E-state index in [2.05, 4.69) is 55.6 Å². The largest absolute Gasteiger partial charge is 0.465 e. The number of aliphatic hydroxyl groups is 2. The lowest BCUT2D eigenvalue weighted by Gasteiger charge is -2.20. The number of carbonyl (C=O) groups excluding carboxylic acids is 2. The predicted molar refractivity (Wildman–Crippen MR) is 306 cm³/mol. The van der Waals surface area contributed by atoms with Gasteiger partial charge in [-0.3, -0.25) is 9.59 Å². The summed E-state index contributed by atoms with van der Waals surface area (Å²) in [6, 6.07) is -0.633. The first kappa shape index (κ1) is 67.8. The minimum absolute atomic E-state index is 0.0434. The molecule has 0 radical (unpaired) electrons. The van der Waals surface area contributed by atoms with Gasteiger partial charge in [0, 0.05) is 12.8 Å². The highest BCUT2D eigenvalue weighted by molar-refractivity contribution is 5.76. The summed E-state index contributed by atoms with van der Waals surface area (Å²) in [6.45, 7) is 4.80. The third-order valence-corrected chi connectivity index (χ3v) is 14.1. The van der Waals surface area contributed by atoms with E-state index in [1.54, 1.807) is 6.08 Å². The standard InChI is InChI=1S/C64H119NO5/c1-3-5-7-9-11-13-15-17-19-28-32-36-40-44-48-52-56-62(67)61(60-66)65-63(68)57-53-49-45-41-37-33-29-26-24-22-21-23-25-27-31-35-39-43-47-51-55-59-70-64(69)58-54-50-46-42-38-34-30-20-18-16-14-12-10-8-6-4-2/h20,30,35,39,47,51-52,56,61-62,66-67H,3-19,21-29,31-34,36-38,40-46,48-50,53-55,57-60H2,1-2H3,(H,65,68)/b30-20-,39-35-,51-47-,56-52+. The summed E-state index contributed by atoms with van der Waals surface area (Å²) in [5.74, 6) is -0.115. The number of esters is 1. The van der Waals surface area contributed by atoms with Crippen molar-refractivity contribution in [3.05, 3.63) is 48.6 Å². The van der Waals surface area contributed by atoms with Gasteiger partial charge in [-0.05, 0) is 77.0 Å². The molecule has 0 spiro atoms. The summed E-state index contributed by atoms with van der Waals surface area (Å²) in [4.78, 5) is 24.5. The predicted octanol–water partition coefficient (Wildman–Crippen LogP) is 19.4. The Balaban J connectivity index is 3.48. The van der Waals surface area contributed by atoms with Crippen molar-refractivity contribution in [3.63, 3.8) is 0 Å². The third kappa shape index (κ3) is 55.1. The molecule has 0 fully saturated rings. The van der Waals surface area contributed by atoms with Gasteiger partial charge in [-0.1, -0.05) is 281 Å². The van der Waals surface area contributed by atoms with Crippen molar-refractivity contribution < 1.29 is 24.5 Å². The number of carbonyl (C=O) groups is 2. The summed E-state index contributed by atoms with van der Waals surface area (Å²) in [6.07, 6.45) is 75.9. The summed E-state index contributed by atoms with van der Waals surface area (Å²) < 4.78 is 5.42. The van der Waals surface area contributed by atoms with Crippen LogP contribution in [-0.2, 0) is 14.3 Å². The van der Waals surface area contributed by atoms with Gasteiger partial charge in [-0.25, -0.2) is 0 Å². The highest BCUT2D eigenvalue weighted by atomic mass is 16.5. The Hall–Kier alpha value is -2.18. The van der Waals surface area contributed by atoms with Crippen LogP contribution >= 0.6 is 0 Å². The van der Waals surface area contributed by atoms with Crippen LogP contribution in [-0.4, -0.2) is 47.4 Å². The summed E-state index contributed by atoms with van der Waals surface area (Å²) in [7, 11) is 0. The number of hydrogen-bond donors (Lipinski definition) is 3. The van der Waals surface area contributed by atoms with E-state index >= 15 is 0 Å². The zero-order valence-corrected chi connectivity index (χ0v) is 46.7. The quantitative estimate of drug-likeness (QED) is 0.0321. The van der Waals surface area contributed by atoms with Crippen LogP contribution in [0.3, 0.4) is 0 Å². The second-order valence-corrected chi connectivity index (χ2v) is 21.0. The van der Waals surface area contributed by atoms with E-state index in [-0.39, 0.29) is 18.5 Å². The van der Waals surface area contributed by atoms with Gasteiger partial charge in [0.25, 0.3) is 0 Å². The molecular formula is C64H119NO5. The molecule has 410 valence electrons. The second kappa shape index (κ2) is 59.4. The number of unbranched alkanes of at least 4 members (excludes halogenated alkanes) is 40. The van der Waals surface area contributed by atoms with Crippen molar-refractivity contribution in [2.45, 2.75) is 334 Å². The maximum absolute atomic E-state index is 12.5. The highest BCUT2D eigenvalue weighted by Crippen LogP contribution is 2.17. The van der Waals surface area contributed by atoms with Crippen molar-refractivity contribution in [1.82, 2.24) is 5.32 Å². The fourth-order valence-electron chi connectivity index (χ4n) is 9.35. The Labute approximate surface area is 436 Å². The van der Waals surface area contributed by atoms with Gasteiger partial charge in [0.2, 0.25) is 5.91 Å². The van der Waals surface area contributed by atoms with Crippen LogP contribution in [0.25, 0.3) is 0 Å². The number of aliphatic hydroxyl groups excluding tert-OH is 2. The zero-order chi connectivity index (χ0) is 50.7. The van der Waals surface area contributed by atoms with E-state index in [4.69, 9.17) is 4.74 Å². The van der Waals surface area contributed by atoms with E-state index in [1.165, 1.54) is 244 Å². The number of allylic oxidation sites excluding steroid dienone is 6. The van der Waals surface area contributed by atoms with E-state index in [9.17, 15) is 19.8 Å². The lowest BCUT2D eigenvalue weighted by Crippen LogP contribution is -2.45. The molecule has 0 aliphatic rings. The molecule has 0 saturated carbocycles.